The number of hydrogen-bond donors (Lipinski definition) is 3. The molecule has 0 unspecified atom stereocenters. The zero-order chi connectivity index (χ0) is 18.2. The number of amides is 4. The Morgan fingerprint density at radius 1 is 1.33 bits per heavy atom. The minimum absolute atomic E-state index is 0.147. The fraction of sp³-hybridized carbons (Fsp3) is 0.812. The van der Waals surface area contributed by atoms with Gasteiger partial charge < -0.3 is 25.6 Å². The van der Waals surface area contributed by atoms with Crippen molar-refractivity contribution in [2.45, 2.75) is 58.6 Å². The van der Waals surface area contributed by atoms with E-state index in [1.165, 1.54) is 4.90 Å². The van der Waals surface area contributed by atoms with Crippen LogP contribution in [0.25, 0.3) is 0 Å². The van der Waals surface area contributed by atoms with Crippen molar-refractivity contribution in [3.8, 4) is 0 Å². The fourth-order valence-corrected chi connectivity index (χ4v) is 2.30. The summed E-state index contributed by atoms with van der Waals surface area (Å²) in [6, 6.07) is -0.905. The number of hydrogen-bond acceptors (Lipinski definition) is 4. The van der Waals surface area contributed by atoms with Crippen molar-refractivity contribution in [3.05, 3.63) is 0 Å². The summed E-state index contributed by atoms with van der Waals surface area (Å²) in [6.07, 6.45) is 2.05. The van der Waals surface area contributed by atoms with Crippen molar-refractivity contribution in [2.75, 3.05) is 26.2 Å². The molecule has 8 heteroatoms. The second-order valence-electron chi connectivity index (χ2n) is 6.80. The molecule has 0 aromatic heterocycles. The topological polar surface area (TPSA) is 99.8 Å². The monoisotopic (exact) mass is 342 g/mol. The Hall–Kier alpha value is -1.99. The zero-order valence-electron chi connectivity index (χ0n) is 15.1. The lowest BCUT2D eigenvalue weighted by molar-refractivity contribution is -0.122. The summed E-state index contributed by atoms with van der Waals surface area (Å²) >= 11 is 0. The van der Waals surface area contributed by atoms with Gasteiger partial charge in [-0.25, -0.2) is 9.59 Å². The fourth-order valence-electron chi connectivity index (χ4n) is 2.30. The van der Waals surface area contributed by atoms with Gasteiger partial charge in [0, 0.05) is 26.2 Å². The Labute approximate surface area is 143 Å². The van der Waals surface area contributed by atoms with Crippen LogP contribution in [0.2, 0.25) is 0 Å². The predicted octanol–water partition coefficient (Wildman–Crippen LogP) is 1.21. The zero-order valence-corrected chi connectivity index (χ0v) is 15.1. The minimum Gasteiger partial charge on any atom is -0.444 e. The molecule has 138 valence electrons. The van der Waals surface area contributed by atoms with Gasteiger partial charge in [0.2, 0.25) is 5.91 Å². The molecule has 4 amide bonds. The summed E-state index contributed by atoms with van der Waals surface area (Å²) < 4.78 is 5.30. The number of ether oxygens (including phenoxy) is 1. The summed E-state index contributed by atoms with van der Waals surface area (Å²) in [5, 5.41) is 8.11. The van der Waals surface area contributed by atoms with E-state index >= 15 is 0 Å². The summed E-state index contributed by atoms with van der Waals surface area (Å²) in [7, 11) is 0. The van der Waals surface area contributed by atoms with Crippen molar-refractivity contribution in [1.82, 2.24) is 20.9 Å². The molecule has 1 heterocycles. The molecule has 3 N–H and O–H groups in total. The van der Waals surface area contributed by atoms with Gasteiger partial charge in [0.1, 0.15) is 11.6 Å². The Balaban J connectivity index is 2.35. The molecule has 1 fully saturated rings. The third-order valence-corrected chi connectivity index (χ3v) is 3.54. The molecule has 0 spiro atoms. The SMILES string of the molecule is CCN(CCNC(=O)N[C@H]1CCCCNC1=O)C(=O)OC(C)(C)C. The highest BCUT2D eigenvalue weighted by molar-refractivity contribution is 5.87. The van der Waals surface area contributed by atoms with Crippen molar-refractivity contribution in [3.63, 3.8) is 0 Å². The molecule has 0 saturated carbocycles. The molecule has 8 nitrogen and oxygen atoms in total. The summed E-state index contributed by atoms with van der Waals surface area (Å²) in [4.78, 5) is 37.2. The van der Waals surface area contributed by atoms with Crippen LogP contribution in [0.4, 0.5) is 9.59 Å². The lowest BCUT2D eigenvalue weighted by Gasteiger charge is -2.26. The molecule has 1 saturated heterocycles. The highest BCUT2D eigenvalue weighted by Crippen LogP contribution is 2.09. The van der Waals surface area contributed by atoms with Gasteiger partial charge in [-0.2, -0.15) is 0 Å². The molecule has 1 atom stereocenters. The average molecular weight is 342 g/mol. The van der Waals surface area contributed by atoms with Crippen molar-refractivity contribution in [1.29, 1.82) is 0 Å². The van der Waals surface area contributed by atoms with Crippen molar-refractivity contribution >= 4 is 18.0 Å². The molecule has 0 bridgehead atoms. The van der Waals surface area contributed by atoms with Gasteiger partial charge in [0.05, 0.1) is 0 Å². The third kappa shape index (κ3) is 7.52. The van der Waals surface area contributed by atoms with Gasteiger partial charge in [0.25, 0.3) is 0 Å². The van der Waals surface area contributed by atoms with Gasteiger partial charge in [-0.3, -0.25) is 4.79 Å². The predicted molar refractivity (Wildman–Crippen MR) is 90.7 cm³/mol. The molecular formula is C16H30N4O4. The van der Waals surface area contributed by atoms with E-state index in [0.29, 0.717) is 26.1 Å². The van der Waals surface area contributed by atoms with E-state index < -0.39 is 23.8 Å². The molecule has 24 heavy (non-hydrogen) atoms. The molecule has 0 aromatic rings. The van der Waals surface area contributed by atoms with Gasteiger partial charge in [0.15, 0.2) is 0 Å². The molecule has 0 aliphatic carbocycles. The second kappa shape index (κ2) is 9.34. The molecule has 0 radical (unpaired) electrons. The lowest BCUT2D eigenvalue weighted by Crippen LogP contribution is -2.50. The first-order valence-electron chi connectivity index (χ1n) is 8.53. The van der Waals surface area contributed by atoms with E-state index in [1.54, 1.807) is 0 Å². The van der Waals surface area contributed by atoms with E-state index in [0.717, 1.165) is 12.8 Å². The van der Waals surface area contributed by atoms with Gasteiger partial charge in [-0.05, 0) is 47.0 Å². The number of rotatable bonds is 5. The summed E-state index contributed by atoms with van der Waals surface area (Å²) in [6.45, 7) is 9.04. The van der Waals surface area contributed by atoms with Crippen LogP contribution >= 0.6 is 0 Å². The Kier molecular flexibility index (Phi) is 7.81. The smallest absolute Gasteiger partial charge is 0.410 e. The minimum atomic E-state index is -0.553. The van der Waals surface area contributed by atoms with E-state index in [4.69, 9.17) is 4.74 Å². The second-order valence-corrected chi connectivity index (χ2v) is 6.80. The van der Waals surface area contributed by atoms with E-state index in [1.807, 2.05) is 27.7 Å². The summed E-state index contributed by atoms with van der Waals surface area (Å²) in [5.74, 6) is -0.147. The number of carbonyl (C=O) groups excluding carboxylic acids is 3. The Morgan fingerprint density at radius 3 is 2.67 bits per heavy atom. The summed E-state index contributed by atoms with van der Waals surface area (Å²) in [5.41, 5.74) is -0.553. The molecular weight excluding hydrogens is 312 g/mol. The Bertz CT molecular complexity index is 448. The number of urea groups is 1. The Morgan fingerprint density at radius 2 is 2.04 bits per heavy atom. The maximum absolute atomic E-state index is 12.0. The van der Waals surface area contributed by atoms with Crippen molar-refractivity contribution < 1.29 is 19.1 Å². The van der Waals surface area contributed by atoms with E-state index in [9.17, 15) is 14.4 Å². The molecule has 1 rings (SSSR count). The highest BCUT2D eigenvalue weighted by atomic mass is 16.6. The van der Waals surface area contributed by atoms with Crippen LogP contribution in [-0.4, -0.2) is 60.8 Å². The van der Waals surface area contributed by atoms with E-state index in [2.05, 4.69) is 16.0 Å². The molecule has 1 aliphatic heterocycles. The first kappa shape index (κ1) is 20.1. The number of nitrogens with zero attached hydrogens (tertiary/aromatic N) is 1. The highest BCUT2D eigenvalue weighted by Gasteiger charge is 2.23. The number of nitrogens with one attached hydrogen (secondary N) is 3. The number of carbonyl (C=O) groups is 3. The normalized spacial score (nSPS) is 18.2. The van der Waals surface area contributed by atoms with Crippen LogP contribution < -0.4 is 16.0 Å². The van der Waals surface area contributed by atoms with Crippen molar-refractivity contribution in [2.24, 2.45) is 0 Å². The quantitative estimate of drug-likeness (QED) is 0.699. The van der Waals surface area contributed by atoms with Gasteiger partial charge in [-0.15, -0.1) is 0 Å². The van der Waals surface area contributed by atoms with Crippen LogP contribution in [0.5, 0.6) is 0 Å². The largest absolute Gasteiger partial charge is 0.444 e. The maximum atomic E-state index is 12.0. The lowest BCUT2D eigenvalue weighted by atomic mass is 10.1. The van der Waals surface area contributed by atoms with Crippen LogP contribution in [0.3, 0.4) is 0 Å². The van der Waals surface area contributed by atoms with Crippen LogP contribution in [-0.2, 0) is 9.53 Å². The average Bonchev–Trinajstić information content (AvgIpc) is 2.67. The third-order valence-electron chi connectivity index (χ3n) is 3.54. The molecule has 0 aromatic carbocycles. The molecule has 1 aliphatic rings. The first-order chi connectivity index (χ1) is 11.2. The van der Waals surface area contributed by atoms with Crippen LogP contribution in [0, 0.1) is 0 Å². The number of likely N-dealkylation sites (N-methyl/N-ethyl adjacent to an activating group) is 1. The van der Waals surface area contributed by atoms with Crippen LogP contribution in [0.1, 0.15) is 47.0 Å². The van der Waals surface area contributed by atoms with Crippen LogP contribution in [0.15, 0.2) is 0 Å². The standard InChI is InChI=1S/C16H30N4O4/c1-5-20(15(23)24-16(2,3)4)11-10-18-14(22)19-12-8-6-7-9-17-13(12)21/h12H,5-11H2,1-4H3,(H,17,21)(H2,18,19,22)/t12-/m0/s1. The van der Waals surface area contributed by atoms with E-state index in [-0.39, 0.29) is 12.5 Å². The first-order valence-corrected chi connectivity index (χ1v) is 8.53. The van der Waals surface area contributed by atoms with Gasteiger partial charge >= 0.3 is 12.1 Å². The van der Waals surface area contributed by atoms with Gasteiger partial charge in [-0.1, -0.05) is 0 Å². The maximum Gasteiger partial charge on any atom is 0.410 e.